The molecule has 0 aliphatic carbocycles. The first-order valence-electron chi connectivity index (χ1n) is 7.11. The van der Waals surface area contributed by atoms with Crippen molar-refractivity contribution in [3.05, 3.63) is 64.6 Å². The van der Waals surface area contributed by atoms with Crippen LogP contribution < -0.4 is 5.32 Å². The van der Waals surface area contributed by atoms with Gasteiger partial charge in [0.15, 0.2) is 6.61 Å². The average molecular weight is 406 g/mol. The molecular formula is C18H16BrNO3S. The smallest absolute Gasteiger partial charge is 0.331 e. The van der Waals surface area contributed by atoms with Gasteiger partial charge in [-0.25, -0.2) is 4.79 Å². The van der Waals surface area contributed by atoms with Crippen LogP contribution in [-0.2, 0) is 14.3 Å². The summed E-state index contributed by atoms with van der Waals surface area (Å²) in [6.07, 6.45) is 4.89. The molecule has 4 nitrogen and oxygen atoms in total. The molecule has 0 aromatic heterocycles. The minimum absolute atomic E-state index is 0.326. The molecule has 0 saturated carbocycles. The van der Waals surface area contributed by atoms with Crippen molar-refractivity contribution in [1.82, 2.24) is 0 Å². The molecule has 0 saturated heterocycles. The van der Waals surface area contributed by atoms with E-state index in [0.717, 1.165) is 14.9 Å². The van der Waals surface area contributed by atoms with E-state index < -0.39 is 5.97 Å². The summed E-state index contributed by atoms with van der Waals surface area (Å²) < 4.78 is 5.89. The number of benzene rings is 2. The van der Waals surface area contributed by atoms with Crippen LogP contribution in [0, 0.1) is 0 Å². The largest absolute Gasteiger partial charge is 0.452 e. The normalized spacial score (nSPS) is 10.6. The van der Waals surface area contributed by atoms with Crippen molar-refractivity contribution in [2.24, 2.45) is 0 Å². The molecule has 0 aliphatic rings. The van der Waals surface area contributed by atoms with Crippen LogP contribution in [0.25, 0.3) is 6.08 Å². The van der Waals surface area contributed by atoms with Crippen LogP contribution in [0.4, 0.5) is 5.69 Å². The monoisotopic (exact) mass is 405 g/mol. The van der Waals surface area contributed by atoms with E-state index >= 15 is 0 Å². The molecule has 2 rings (SSSR count). The Bertz CT molecular complexity index is 744. The molecule has 0 radical (unpaired) electrons. The minimum Gasteiger partial charge on any atom is -0.452 e. The van der Waals surface area contributed by atoms with Gasteiger partial charge in [-0.05, 0) is 48.2 Å². The van der Waals surface area contributed by atoms with Gasteiger partial charge in [-0.1, -0.05) is 34.1 Å². The lowest BCUT2D eigenvalue weighted by molar-refractivity contribution is -0.142. The zero-order valence-electron chi connectivity index (χ0n) is 13.0. The maximum Gasteiger partial charge on any atom is 0.331 e. The van der Waals surface area contributed by atoms with E-state index in [1.165, 1.54) is 6.08 Å². The number of hydrogen-bond donors (Lipinski definition) is 1. The van der Waals surface area contributed by atoms with E-state index in [0.29, 0.717) is 5.69 Å². The second-order valence-electron chi connectivity index (χ2n) is 4.77. The summed E-state index contributed by atoms with van der Waals surface area (Å²) in [5, 5.41) is 2.69. The van der Waals surface area contributed by atoms with Crippen LogP contribution in [-0.4, -0.2) is 24.7 Å². The average Bonchev–Trinajstić information content (AvgIpc) is 2.59. The Balaban J connectivity index is 1.80. The fourth-order valence-corrected chi connectivity index (χ4v) is 2.54. The fraction of sp³-hybridized carbons (Fsp3) is 0.111. The zero-order chi connectivity index (χ0) is 17.4. The van der Waals surface area contributed by atoms with Gasteiger partial charge in [0.1, 0.15) is 0 Å². The van der Waals surface area contributed by atoms with Crippen molar-refractivity contribution in [1.29, 1.82) is 0 Å². The molecule has 6 heteroatoms. The minimum atomic E-state index is -0.564. The predicted molar refractivity (Wildman–Crippen MR) is 101 cm³/mol. The summed E-state index contributed by atoms with van der Waals surface area (Å²) in [5.74, 6) is -0.940. The van der Waals surface area contributed by atoms with Gasteiger partial charge in [0, 0.05) is 21.1 Å². The highest BCUT2D eigenvalue weighted by Gasteiger charge is 2.06. The Kier molecular flexibility index (Phi) is 7.08. The Morgan fingerprint density at radius 1 is 1.21 bits per heavy atom. The second-order valence-corrected chi connectivity index (χ2v) is 6.57. The van der Waals surface area contributed by atoms with Crippen LogP contribution in [0.15, 0.2) is 64.0 Å². The van der Waals surface area contributed by atoms with Gasteiger partial charge < -0.3 is 10.1 Å². The second kappa shape index (κ2) is 9.30. The third-order valence-electron chi connectivity index (χ3n) is 2.98. The molecule has 1 N–H and O–H groups in total. The summed E-state index contributed by atoms with van der Waals surface area (Å²) in [6.45, 7) is -0.326. The molecule has 2 aromatic carbocycles. The van der Waals surface area contributed by atoms with Crippen molar-refractivity contribution in [2.45, 2.75) is 4.90 Å². The topological polar surface area (TPSA) is 55.4 Å². The van der Waals surface area contributed by atoms with Crippen molar-refractivity contribution < 1.29 is 14.3 Å². The number of rotatable bonds is 6. The number of thioether (sulfide) groups is 1. The lowest BCUT2D eigenvalue weighted by Gasteiger charge is -2.06. The summed E-state index contributed by atoms with van der Waals surface area (Å²) >= 11 is 4.93. The van der Waals surface area contributed by atoms with E-state index in [4.69, 9.17) is 4.74 Å². The zero-order valence-corrected chi connectivity index (χ0v) is 15.4. The van der Waals surface area contributed by atoms with E-state index in [2.05, 4.69) is 21.2 Å². The Morgan fingerprint density at radius 2 is 1.96 bits per heavy atom. The molecule has 0 atom stereocenters. The number of carbonyl (C=O) groups excluding carboxylic acids is 2. The number of hydrogen-bond acceptors (Lipinski definition) is 4. The van der Waals surface area contributed by atoms with Crippen LogP contribution >= 0.6 is 27.7 Å². The standard InChI is InChI=1S/C18H16BrNO3S/c1-24-16-4-2-3-15(11-16)20-17(21)12-23-18(22)10-7-13-5-8-14(19)9-6-13/h2-11H,12H2,1H3,(H,20,21)/b10-7+. The summed E-state index contributed by atoms with van der Waals surface area (Å²) in [6, 6.07) is 14.9. The van der Waals surface area contributed by atoms with Gasteiger partial charge in [0.2, 0.25) is 0 Å². The van der Waals surface area contributed by atoms with Crippen LogP contribution in [0.1, 0.15) is 5.56 Å². The number of ether oxygens (including phenoxy) is 1. The molecule has 0 aliphatic heterocycles. The van der Waals surface area contributed by atoms with Crippen LogP contribution in [0.5, 0.6) is 0 Å². The molecular weight excluding hydrogens is 390 g/mol. The number of esters is 1. The van der Waals surface area contributed by atoms with Gasteiger partial charge in [-0.2, -0.15) is 0 Å². The quantitative estimate of drug-likeness (QED) is 0.440. The van der Waals surface area contributed by atoms with Gasteiger partial charge in [0.05, 0.1) is 0 Å². The first-order valence-corrected chi connectivity index (χ1v) is 9.13. The van der Waals surface area contributed by atoms with Crippen molar-refractivity contribution in [3.8, 4) is 0 Å². The lowest BCUT2D eigenvalue weighted by atomic mass is 10.2. The maximum atomic E-state index is 11.8. The number of anilines is 1. The molecule has 0 heterocycles. The first kappa shape index (κ1) is 18.3. The molecule has 0 unspecified atom stereocenters. The van der Waals surface area contributed by atoms with Crippen molar-refractivity contribution >= 4 is 51.3 Å². The Morgan fingerprint density at radius 3 is 2.67 bits per heavy atom. The maximum absolute atomic E-state index is 11.8. The molecule has 0 fully saturated rings. The molecule has 0 spiro atoms. The highest BCUT2D eigenvalue weighted by Crippen LogP contribution is 2.18. The third-order valence-corrected chi connectivity index (χ3v) is 4.23. The third kappa shape index (κ3) is 6.22. The van der Waals surface area contributed by atoms with Gasteiger partial charge >= 0.3 is 5.97 Å². The predicted octanol–water partition coefficient (Wildman–Crippen LogP) is 4.37. The van der Waals surface area contributed by atoms with E-state index in [-0.39, 0.29) is 12.5 Å². The summed E-state index contributed by atoms with van der Waals surface area (Å²) in [4.78, 5) is 24.5. The highest BCUT2D eigenvalue weighted by molar-refractivity contribution is 9.10. The fourth-order valence-electron chi connectivity index (χ4n) is 1.82. The van der Waals surface area contributed by atoms with Gasteiger partial charge in [-0.3, -0.25) is 4.79 Å². The molecule has 2 aromatic rings. The van der Waals surface area contributed by atoms with Gasteiger partial charge in [0.25, 0.3) is 5.91 Å². The van der Waals surface area contributed by atoms with Gasteiger partial charge in [-0.15, -0.1) is 11.8 Å². The molecule has 1 amide bonds. The Labute approximate surface area is 153 Å². The van der Waals surface area contributed by atoms with Crippen LogP contribution in [0.2, 0.25) is 0 Å². The number of halogens is 1. The molecule has 24 heavy (non-hydrogen) atoms. The summed E-state index contributed by atoms with van der Waals surface area (Å²) in [5.41, 5.74) is 1.54. The number of amides is 1. The lowest BCUT2D eigenvalue weighted by Crippen LogP contribution is -2.20. The number of nitrogens with one attached hydrogen (secondary N) is 1. The number of carbonyl (C=O) groups is 2. The highest BCUT2D eigenvalue weighted by atomic mass is 79.9. The van der Waals surface area contributed by atoms with E-state index in [1.54, 1.807) is 23.9 Å². The summed E-state index contributed by atoms with van der Waals surface area (Å²) in [7, 11) is 0. The Hall–Kier alpha value is -2.05. The molecule has 124 valence electrons. The first-order chi connectivity index (χ1) is 11.6. The van der Waals surface area contributed by atoms with E-state index in [9.17, 15) is 9.59 Å². The van der Waals surface area contributed by atoms with Crippen molar-refractivity contribution in [2.75, 3.05) is 18.2 Å². The molecule has 0 bridgehead atoms. The van der Waals surface area contributed by atoms with Crippen LogP contribution in [0.3, 0.4) is 0 Å². The van der Waals surface area contributed by atoms with E-state index in [1.807, 2.05) is 48.7 Å². The van der Waals surface area contributed by atoms with Crippen molar-refractivity contribution in [3.63, 3.8) is 0 Å². The SMILES string of the molecule is CSc1cccc(NC(=O)COC(=O)/C=C/c2ccc(Br)cc2)c1.